The Morgan fingerprint density at radius 1 is 1.14 bits per heavy atom. The first kappa shape index (κ1) is 19.0. The lowest BCUT2D eigenvalue weighted by atomic mass is 10.2. The summed E-state index contributed by atoms with van der Waals surface area (Å²) in [5, 5.41) is 11.2. The van der Waals surface area contributed by atoms with Gasteiger partial charge in [0.2, 0.25) is 0 Å². The van der Waals surface area contributed by atoms with Crippen molar-refractivity contribution in [2.75, 3.05) is 0 Å². The molecule has 0 atom stereocenters. The van der Waals surface area contributed by atoms with E-state index < -0.39 is 28.7 Å². The molecule has 0 aliphatic heterocycles. The highest BCUT2D eigenvalue weighted by Crippen LogP contribution is 2.23. The number of ether oxygens (including phenoxy) is 1. The number of nitrogens with zero attached hydrogens (tertiary/aromatic N) is 3. The number of carbonyl (C=O) groups is 1. The van der Waals surface area contributed by atoms with E-state index in [1.54, 1.807) is 31.2 Å². The second kappa shape index (κ2) is 7.47. The Labute approximate surface area is 158 Å². The lowest BCUT2D eigenvalue weighted by Crippen LogP contribution is -2.41. The Kier molecular flexibility index (Phi) is 5.08. The van der Waals surface area contributed by atoms with E-state index in [9.17, 15) is 24.5 Å². The summed E-state index contributed by atoms with van der Waals surface area (Å²) in [5.74, 6) is -0.601. The van der Waals surface area contributed by atoms with Gasteiger partial charge in [-0.1, -0.05) is 12.1 Å². The zero-order chi connectivity index (χ0) is 20.4. The molecule has 3 aromatic rings. The summed E-state index contributed by atoms with van der Waals surface area (Å²) < 4.78 is 7.46. The van der Waals surface area contributed by atoms with Crippen LogP contribution in [0.2, 0.25) is 0 Å². The molecule has 0 saturated heterocycles. The van der Waals surface area contributed by atoms with Crippen LogP contribution >= 0.6 is 0 Å². The number of hydrogen-bond donors (Lipinski definition) is 0. The van der Waals surface area contributed by atoms with E-state index in [4.69, 9.17) is 4.74 Å². The zero-order valence-corrected chi connectivity index (χ0v) is 15.2. The highest BCUT2D eigenvalue weighted by atomic mass is 16.6. The van der Waals surface area contributed by atoms with Crippen LogP contribution in [0.15, 0.2) is 52.1 Å². The molecule has 1 aromatic heterocycles. The molecule has 28 heavy (non-hydrogen) atoms. The summed E-state index contributed by atoms with van der Waals surface area (Å²) in [5.41, 5.74) is -0.435. The maximum atomic E-state index is 12.6. The zero-order valence-electron chi connectivity index (χ0n) is 15.2. The van der Waals surface area contributed by atoms with Gasteiger partial charge in [-0.05, 0) is 38.1 Å². The molecular weight excluding hydrogens is 366 g/mol. The smallest absolute Gasteiger partial charge is 0.332 e. The maximum absolute atomic E-state index is 12.6. The van der Waals surface area contributed by atoms with Crippen LogP contribution in [0.3, 0.4) is 0 Å². The first-order valence-corrected chi connectivity index (χ1v) is 8.51. The van der Waals surface area contributed by atoms with Crippen LogP contribution < -0.4 is 16.0 Å². The number of para-hydroxylation sites is 1. The van der Waals surface area contributed by atoms with Gasteiger partial charge < -0.3 is 4.74 Å². The molecule has 2 aromatic carbocycles. The predicted octanol–water partition coefficient (Wildman–Crippen LogP) is 2.01. The molecule has 0 amide bonds. The van der Waals surface area contributed by atoms with Gasteiger partial charge in [0.1, 0.15) is 12.3 Å². The number of fused-ring (bicyclic) bond motifs is 1. The molecule has 3 rings (SSSR count). The number of nitro groups is 1. The Morgan fingerprint density at radius 2 is 1.86 bits per heavy atom. The Bertz CT molecular complexity index is 1210. The van der Waals surface area contributed by atoms with Crippen molar-refractivity contribution in [1.29, 1.82) is 0 Å². The average Bonchev–Trinajstić information content (AvgIpc) is 2.65. The summed E-state index contributed by atoms with van der Waals surface area (Å²) in [7, 11) is 0. The molecule has 144 valence electrons. The van der Waals surface area contributed by atoms with Gasteiger partial charge in [0.15, 0.2) is 0 Å². The monoisotopic (exact) mass is 383 g/mol. The highest BCUT2D eigenvalue weighted by Gasteiger charge is 2.17. The second-order valence-corrected chi connectivity index (χ2v) is 6.11. The van der Waals surface area contributed by atoms with Gasteiger partial charge in [-0.25, -0.2) is 9.59 Å². The lowest BCUT2D eigenvalue weighted by Gasteiger charge is -2.13. The molecule has 0 aliphatic rings. The first-order valence-electron chi connectivity index (χ1n) is 8.51. The van der Waals surface area contributed by atoms with Gasteiger partial charge >= 0.3 is 11.7 Å². The number of esters is 1. The van der Waals surface area contributed by atoms with E-state index in [-0.39, 0.29) is 18.0 Å². The largest absolute Gasteiger partial charge is 0.425 e. The quantitative estimate of drug-likeness (QED) is 0.288. The molecule has 0 radical (unpaired) electrons. The fraction of sp³-hybridized carbons (Fsp3) is 0.211. The van der Waals surface area contributed by atoms with Crippen LogP contribution in [0.4, 0.5) is 5.69 Å². The molecule has 0 N–H and O–H groups in total. The molecule has 9 nitrogen and oxygen atoms in total. The minimum absolute atomic E-state index is 0.0861. The minimum Gasteiger partial charge on any atom is -0.425 e. The van der Waals surface area contributed by atoms with Crippen LogP contribution in [0, 0.1) is 17.0 Å². The molecule has 9 heteroatoms. The van der Waals surface area contributed by atoms with Crippen molar-refractivity contribution in [3.05, 3.63) is 79.0 Å². The summed E-state index contributed by atoms with van der Waals surface area (Å²) in [4.78, 5) is 47.8. The van der Waals surface area contributed by atoms with Crippen molar-refractivity contribution in [2.24, 2.45) is 0 Å². The Hall–Kier alpha value is -3.75. The van der Waals surface area contributed by atoms with Crippen molar-refractivity contribution in [2.45, 2.75) is 26.9 Å². The van der Waals surface area contributed by atoms with Gasteiger partial charge in [-0.15, -0.1) is 0 Å². The van der Waals surface area contributed by atoms with Crippen LogP contribution in [0.1, 0.15) is 12.5 Å². The highest BCUT2D eigenvalue weighted by molar-refractivity contribution is 5.80. The van der Waals surface area contributed by atoms with Gasteiger partial charge in [0, 0.05) is 18.2 Å². The van der Waals surface area contributed by atoms with E-state index in [2.05, 4.69) is 0 Å². The Balaban J connectivity index is 1.96. The average molecular weight is 383 g/mol. The third-order valence-electron chi connectivity index (χ3n) is 4.33. The number of benzene rings is 2. The number of aromatic nitrogens is 2. The van der Waals surface area contributed by atoms with Crippen molar-refractivity contribution < 1.29 is 14.5 Å². The summed E-state index contributed by atoms with van der Waals surface area (Å²) in [6.45, 7) is 2.96. The summed E-state index contributed by atoms with van der Waals surface area (Å²) >= 11 is 0. The topological polar surface area (TPSA) is 113 Å². The predicted molar refractivity (Wildman–Crippen MR) is 102 cm³/mol. The third kappa shape index (κ3) is 3.41. The fourth-order valence-corrected chi connectivity index (χ4v) is 2.99. The molecule has 0 spiro atoms. The summed E-state index contributed by atoms with van der Waals surface area (Å²) in [6, 6.07) is 10.5. The van der Waals surface area contributed by atoms with Crippen LogP contribution in [-0.2, 0) is 17.9 Å². The van der Waals surface area contributed by atoms with E-state index in [0.29, 0.717) is 16.5 Å². The minimum atomic E-state index is -0.734. The SMILES string of the molecule is CCn1c(=O)c2ccccc2n(CC(=O)Oc2ccc([N+](=O)[O-])c(C)c2)c1=O. The van der Waals surface area contributed by atoms with Gasteiger partial charge in [0.05, 0.1) is 15.8 Å². The maximum Gasteiger partial charge on any atom is 0.332 e. The molecule has 0 fully saturated rings. The van der Waals surface area contributed by atoms with Gasteiger partial charge in [-0.3, -0.25) is 24.0 Å². The number of rotatable bonds is 5. The molecule has 0 saturated carbocycles. The number of hydrogen-bond acceptors (Lipinski definition) is 6. The molecule has 1 heterocycles. The number of aryl methyl sites for hydroxylation is 1. The van der Waals surface area contributed by atoms with Crippen molar-refractivity contribution in [3.63, 3.8) is 0 Å². The van der Waals surface area contributed by atoms with Gasteiger partial charge in [-0.2, -0.15) is 0 Å². The first-order chi connectivity index (χ1) is 13.3. The van der Waals surface area contributed by atoms with Crippen molar-refractivity contribution >= 4 is 22.6 Å². The van der Waals surface area contributed by atoms with E-state index in [0.717, 1.165) is 4.57 Å². The third-order valence-corrected chi connectivity index (χ3v) is 4.33. The number of nitro benzene ring substituents is 1. The fourth-order valence-electron chi connectivity index (χ4n) is 2.99. The second-order valence-electron chi connectivity index (χ2n) is 6.11. The summed E-state index contributed by atoms with van der Waals surface area (Å²) in [6.07, 6.45) is 0. The van der Waals surface area contributed by atoms with Crippen LogP contribution in [0.25, 0.3) is 10.9 Å². The number of carbonyl (C=O) groups excluding carboxylic acids is 1. The lowest BCUT2D eigenvalue weighted by molar-refractivity contribution is -0.385. The van der Waals surface area contributed by atoms with Crippen LogP contribution in [-0.4, -0.2) is 20.0 Å². The molecule has 0 unspecified atom stereocenters. The van der Waals surface area contributed by atoms with Gasteiger partial charge in [0.25, 0.3) is 11.2 Å². The van der Waals surface area contributed by atoms with Crippen molar-refractivity contribution in [3.8, 4) is 5.75 Å². The Morgan fingerprint density at radius 3 is 2.50 bits per heavy atom. The molecular formula is C19H17N3O6. The van der Waals surface area contributed by atoms with E-state index in [1.807, 2.05) is 0 Å². The normalized spacial score (nSPS) is 10.8. The van der Waals surface area contributed by atoms with E-state index in [1.165, 1.54) is 29.7 Å². The standard InChI is InChI=1S/C19H17N3O6/c1-3-20-18(24)14-6-4-5-7-16(14)21(19(20)25)11-17(23)28-13-8-9-15(22(26)27)12(2)10-13/h4-10H,3,11H2,1-2H3. The van der Waals surface area contributed by atoms with E-state index >= 15 is 0 Å². The van der Waals surface area contributed by atoms with Crippen molar-refractivity contribution in [1.82, 2.24) is 9.13 Å². The molecule has 0 bridgehead atoms. The molecule has 0 aliphatic carbocycles. The van der Waals surface area contributed by atoms with Crippen LogP contribution in [0.5, 0.6) is 5.75 Å².